The zero-order valence-electron chi connectivity index (χ0n) is 16.4. The van der Waals surface area contributed by atoms with Crippen LogP contribution in [0.3, 0.4) is 0 Å². The highest BCUT2D eigenvalue weighted by atomic mass is 15.0. The van der Waals surface area contributed by atoms with Crippen molar-refractivity contribution in [2.45, 2.75) is 54.0 Å². The van der Waals surface area contributed by atoms with Crippen molar-refractivity contribution in [3.8, 4) is 12.3 Å². The summed E-state index contributed by atoms with van der Waals surface area (Å²) < 4.78 is 0. The molecular weight excluding hydrogens is 304 g/mol. The van der Waals surface area contributed by atoms with Crippen LogP contribution in [-0.2, 0) is 0 Å². The first-order valence-electron chi connectivity index (χ1n) is 8.91. The van der Waals surface area contributed by atoms with Crippen LogP contribution in [0.15, 0.2) is 24.3 Å². The number of benzene rings is 2. The maximum absolute atomic E-state index is 5.61. The summed E-state index contributed by atoms with van der Waals surface area (Å²) in [6.45, 7) is 13.7. The zero-order chi connectivity index (χ0) is 18.6. The van der Waals surface area contributed by atoms with E-state index in [1.54, 1.807) is 0 Å². The lowest BCUT2D eigenvalue weighted by Gasteiger charge is -2.23. The van der Waals surface area contributed by atoms with Crippen molar-refractivity contribution in [1.82, 2.24) is 0 Å². The highest BCUT2D eigenvalue weighted by Crippen LogP contribution is 2.25. The zero-order valence-corrected chi connectivity index (χ0v) is 16.4. The molecule has 0 fully saturated rings. The van der Waals surface area contributed by atoms with Crippen molar-refractivity contribution in [3.05, 3.63) is 57.6 Å². The summed E-state index contributed by atoms with van der Waals surface area (Å²) in [4.78, 5) is 0. The van der Waals surface area contributed by atoms with Crippen LogP contribution in [-0.4, -0.2) is 12.6 Å². The Labute approximate surface area is 153 Å². The highest BCUT2D eigenvalue weighted by Gasteiger charge is 2.12. The van der Waals surface area contributed by atoms with Gasteiger partial charge < -0.3 is 10.6 Å². The second kappa shape index (κ2) is 8.12. The molecule has 2 aromatic carbocycles. The smallest absolute Gasteiger partial charge is 0.0543 e. The number of terminal acetylenes is 1. The number of nitrogens with one attached hydrogen (secondary N) is 2. The van der Waals surface area contributed by atoms with Crippen LogP contribution in [0.25, 0.3) is 0 Å². The minimum atomic E-state index is 0.185. The van der Waals surface area contributed by atoms with Crippen LogP contribution in [0.2, 0.25) is 0 Å². The maximum Gasteiger partial charge on any atom is 0.0543 e. The summed E-state index contributed by atoms with van der Waals surface area (Å²) in [7, 11) is 0. The molecule has 2 rings (SSSR count). The Balaban J connectivity index is 2.16. The van der Waals surface area contributed by atoms with Gasteiger partial charge in [0.1, 0.15) is 0 Å². The average molecular weight is 335 g/mol. The third-order valence-corrected chi connectivity index (χ3v) is 4.59. The van der Waals surface area contributed by atoms with Gasteiger partial charge in [0.25, 0.3) is 0 Å². The van der Waals surface area contributed by atoms with Crippen LogP contribution >= 0.6 is 0 Å². The van der Waals surface area contributed by atoms with Gasteiger partial charge in [-0.1, -0.05) is 35.4 Å². The standard InChI is InChI=1S/C23H30N2/c1-8-9-21(25-23-19(6)12-16(3)13-20(23)7)14-24-22-17(4)10-15(2)11-18(22)5/h1,10-13,21,24-25H,9,14H2,2-7H3. The first-order chi connectivity index (χ1) is 11.8. The molecule has 0 radical (unpaired) electrons. The topological polar surface area (TPSA) is 24.1 Å². The SMILES string of the molecule is C#CCC(CNc1c(C)cc(C)cc1C)Nc1c(C)cc(C)cc1C. The molecule has 0 saturated heterocycles. The molecule has 2 nitrogen and oxygen atoms in total. The molecule has 0 aliphatic carbocycles. The Bertz CT molecular complexity index is 750. The Hall–Kier alpha value is -2.40. The summed E-state index contributed by atoms with van der Waals surface area (Å²) >= 11 is 0. The molecule has 2 heteroatoms. The quantitative estimate of drug-likeness (QED) is 0.686. The molecule has 0 aliphatic heterocycles. The summed E-state index contributed by atoms with van der Waals surface area (Å²) in [5.74, 6) is 2.81. The fraction of sp³-hybridized carbons (Fsp3) is 0.391. The average Bonchev–Trinajstić information content (AvgIpc) is 2.49. The van der Waals surface area contributed by atoms with Gasteiger partial charge in [0.15, 0.2) is 0 Å². The van der Waals surface area contributed by atoms with Crippen molar-refractivity contribution >= 4 is 11.4 Å². The van der Waals surface area contributed by atoms with Gasteiger partial charge in [0.2, 0.25) is 0 Å². The molecule has 0 aliphatic rings. The van der Waals surface area contributed by atoms with E-state index in [2.05, 4.69) is 82.4 Å². The van der Waals surface area contributed by atoms with Gasteiger partial charge in [-0.25, -0.2) is 0 Å². The lowest BCUT2D eigenvalue weighted by atomic mass is 10.0. The predicted octanol–water partition coefficient (Wildman–Crippen LogP) is 5.45. The van der Waals surface area contributed by atoms with Gasteiger partial charge in [0, 0.05) is 24.3 Å². The molecule has 132 valence electrons. The van der Waals surface area contributed by atoms with Crippen LogP contribution in [0.1, 0.15) is 39.8 Å². The van der Waals surface area contributed by atoms with E-state index in [9.17, 15) is 0 Å². The monoisotopic (exact) mass is 334 g/mol. The van der Waals surface area contributed by atoms with Crippen LogP contribution in [0, 0.1) is 53.9 Å². The van der Waals surface area contributed by atoms with Crippen molar-refractivity contribution < 1.29 is 0 Å². The molecule has 2 aromatic rings. The van der Waals surface area contributed by atoms with Gasteiger partial charge in [-0.2, -0.15) is 0 Å². The molecule has 0 aromatic heterocycles. The van der Waals surface area contributed by atoms with E-state index < -0.39 is 0 Å². The van der Waals surface area contributed by atoms with Crippen molar-refractivity contribution in [3.63, 3.8) is 0 Å². The molecule has 0 spiro atoms. The summed E-state index contributed by atoms with van der Waals surface area (Å²) in [6, 6.07) is 9.04. The molecule has 1 unspecified atom stereocenters. The maximum atomic E-state index is 5.61. The number of hydrogen-bond acceptors (Lipinski definition) is 2. The van der Waals surface area contributed by atoms with Crippen molar-refractivity contribution in [2.24, 2.45) is 0 Å². The Morgan fingerprint density at radius 3 is 1.68 bits per heavy atom. The third-order valence-electron chi connectivity index (χ3n) is 4.59. The lowest BCUT2D eigenvalue weighted by Crippen LogP contribution is -2.29. The van der Waals surface area contributed by atoms with E-state index in [-0.39, 0.29) is 6.04 Å². The van der Waals surface area contributed by atoms with E-state index >= 15 is 0 Å². The highest BCUT2D eigenvalue weighted by molar-refractivity contribution is 5.60. The molecule has 2 N–H and O–H groups in total. The van der Waals surface area contributed by atoms with Gasteiger partial charge in [0.05, 0.1) is 6.04 Å². The minimum Gasteiger partial charge on any atom is -0.383 e. The van der Waals surface area contributed by atoms with E-state index in [4.69, 9.17) is 6.42 Å². The van der Waals surface area contributed by atoms with E-state index in [1.807, 2.05) is 0 Å². The molecule has 0 saturated carbocycles. The normalized spacial score (nSPS) is 11.7. The fourth-order valence-electron chi connectivity index (χ4n) is 3.61. The minimum absolute atomic E-state index is 0.185. The molecule has 0 amide bonds. The first-order valence-corrected chi connectivity index (χ1v) is 8.91. The van der Waals surface area contributed by atoms with E-state index in [0.717, 1.165) is 6.54 Å². The van der Waals surface area contributed by atoms with Crippen molar-refractivity contribution in [1.29, 1.82) is 0 Å². The van der Waals surface area contributed by atoms with E-state index in [0.29, 0.717) is 6.42 Å². The molecule has 1 atom stereocenters. The Morgan fingerprint density at radius 1 is 0.800 bits per heavy atom. The summed E-state index contributed by atoms with van der Waals surface area (Å²) in [5, 5.41) is 7.27. The van der Waals surface area contributed by atoms with Gasteiger partial charge in [-0.05, 0) is 63.8 Å². The fourth-order valence-corrected chi connectivity index (χ4v) is 3.61. The first kappa shape index (κ1) is 18.9. The Kier molecular flexibility index (Phi) is 6.15. The van der Waals surface area contributed by atoms with Gasteiger partial charge in [-0.3, -0.25) is 0 Å². The van der Waals surface area contributed by atoms with Crippen LogP contribution in [0.4, 0.5) is 11.4 Å². The second-order valence-electron chi connectivity index (χ2n) is 7.18. The third kappa shape index (κ3) is 4.79. The van der Waals surface area contributed by atoms with Crippen LogP contribution in [0.5, 0.6) is 0 Å². The van der Waals surface area contributed by atoms with Crippen molar-refractivity contribution in [2.75, 3.05) is 17.2 Å². The largest absolute Gasteiger partial charge is 0.383 e. The number of hydrogen-bond donors (Lipinski definition) is 2. The summed E-state index contributed by atoms with van der Waals surface area (Å²) in [5.41, 5.74) is 10.1. The number of anilines is 2. The molecular formula is C23H30N2. The second-order valence-corrected chi connectivity index (χ2v) is 7.18. The molecule has 0 bridgehead atoms. The van der Waals surface area contributed by atoms with Gasteiger partial charge >= 0.3 is 0 Å². The number of rotatable bonds is 6. The Morgan fingerprint density at radius 2 is 1.24 bits per heavy atom. The molecule has 0 heterocycles. The number of aryl methyl sites for hydroxylation is 6. The van der Waals surface area contributed by atoms with Crippen LogP contribution < -0.4 is 10.6 Å². The summed E-state index contributed by atoms with van der Waals surface area (Å²) in [6.07, 6.45) is 6.30. The van der Waals surface area contributed by atoms with Gasteiger partial charge in [-0.15, -0.1) is 12.3 Å². The predicted molar refractivity (Wildman–Crippen MR) is 111 cm³/mol. The van der Waals surface area contributed by atoms with E-state index in [1.165, 1.54) is 44.8 Å². The molecule has 25 heavy (non-hydrogen) atoms. The lowest BCUT2D eigenvalue weighted by molar-refractivity contribution is 0.774.